The molecule has 3 unspecified atom stereocenters. The zero-order chi connectivity index (χ0) is 30.7. The van der Waals surface area contributed by atoms with Gasteiger partial charge in [0, 0.05) is 6.42 Å². The fourth-order valence-corrected chi connectivity index (χ4v) is 7.13. The SMILES string of the molecule is COc1ccc(C(c2ccccc2)(c2ccc(OC)cc2)C2CC(O)C[N+]2(C=O)C(=O)Cc2ccc3ccccc3c2)cc1. The van der Waals surface area contributed by atoms with Gasteiger partial charge in [-0.25, -0.2) is 9.59 Å². The molecule has 6 heteroatoms. The molecule has 0 saturated carbocycles. The number of hydrogen-bond acceptors (Lipinski definition) is 5. The molecular formula is C38H36NO5+. The van der Waals surface area contributed by atoms with E-state index in [9.17, 15) is 14.7 Å². The molecule has 1 heterocycles. The minimum Gasteiger partial charge on any atom is -0.497 e. The molecule has 6 rings (SSSR count). The van der Waals surface area contributed by atoms with Crippen LogP contribution in [0.4, 0.5) is 0 Å². The van der Waals surface area contributed by atoms with Crippen molar-refractivity contribution in [3.05, 3.63) is 144 Å². The van der Waals surface area contributed by atoms with Crippen LogP contribution in [0.1, 0.15) is 28.7 Å². The smallest absolute Gasteiger partial charge is 0.325 e. The summed E-state index contributed by atoms with van der Waals surface area (Å²) in [4.78, 5) is 28.1. The van der Waals surface area contributed by atoms with E-state index in [2.05, 4.69) is 0 Å². The van der Waals surface area contributed by atoms with Crippen LogP contribution in [0.3, 0.4) is 0 Å². The van der Waals surface area contributed by atoms with Crippen LogP contribution in [0.15, 0.2) is 121 Å². The van der Waals surface area contributed by atoms with Crippen LogP contribution in [0.5, 0.6) is 11.5 Å². The number of fused-ring (bicyclic) bond motifs is 1. The highest BCUT2D eigenvalue weighted by Crippen LogP contribution is 2.50. The van der Waals surface area contributed by atoms with Crippen molar-refractivity contribution in [2.75, 3.05) is 20.8 Å². The van der Waals surface area contributed by atoms with E-state index < -0.39 is 22.0 Å². The van der Waals surface area contributed by atoms with Crippen LogP contribution < -0.4 is 9.47 Å². The summed E-state index contributed by atoms with van der Waals surface area (Å²) >= 11 is 0. The van der Waals surface area contributed by atoms with Crippen molar-refractivity contribution in [3.8, 4) is 11.5 Å². The summed E-state index contributed by atoms with van der Waals surface area (Å²) < 4.78 is 10.5. The number of likely N-dealkylation sites (tertiary alicyclic amines) is 1. The zero-order valence-electron chi connectivity index (χ0n) is 24.9. The van der Waals surface area contributed by atoms with Crippen molar-refractivity contribution in [2.45, 2.75) is 30.4 Å². The molecule has 1 aliphatic heterocycles. The summed E-state index contributed by atoms with van der Waals surface area (Å²) in [6.45, 7) is 0.00146. The van der Waals surface area contributed by atoms with Crippen molar-refractivity contribution < 1.29 is 28.7 Å². The third-order valence-electron chi connectivity index (χ3n) is 9.21. The van der Waals surface area contributed by atoms with Crippen LogP contribution in [-0.4, -0.2) is 54.8 Å². The third kappa shape index (κ3) is 4.96. The van der Waals surface area contributed by atoms with Gasteiger partial charge < -0.3 is 14.6 Å². The Balaban J connectivity index is 1.57. The van der Waals surface area contributed by atoms with Crippen LogP contribution in [0.2, 0.25) is 0 Å². The Morgan fingerprint density at radius 3 is 1.89 bits per heavy atom. The number of aliphatic hydroxyl groups is 1. The maximum absolute atomic E-state index is 14.6. The molecule has 5 aromatic rings. The van der Waals surface area contributed by atoms with Gasteiger partial charge in [0.25, 0.3) is 0 Å². The lowest BCUT2D eigenvalue weighted by atomic mass is 9.63. The molecule has 0 spiro atoms. The van der Waals surface area contributed by atoms with E-state index in [0.29, 0.717) is 11.5 Å². The maximum atomic E-state index is 14.6. The van der Waals surface area contributed by atoms with Crippen molar-refractivity contribution in [3.63, 3.8) is 0 Å². The Hall–Kier alpha value is -4.78. The Morgan fingerprint density at radius 1 is 0.773 bits per heavy atom. The molecule has 0 radical (unpaired) electrons. The predicted molar refractivity (Wildman–Crippen MR) is 171 cm³/mol. The lowest BCUT2D eigenvalue weighted by Crippen LogP contribution is -2.63. The van der Waals surface area contributed by atoms with Gasteiger partial charge in [-0.3, -0.25) is 0 Å². The first kappa shape index (κ1) is 29.3. The first-order valence-corrected chi connectivity index (χ1v) is 14.8. The quantitative estimate of drug-likeness (QED) is 0.129. The van der Waals surface area contributed by atoms with E-state index in [1.165, 1.54) is 0 Å². The third-order valence-corrected chi connectivity index (χ3v) is 9.21. The number of carbonyl (C=O) groups is 2. The number of aliphatic hydroxyl groups excluding tert-OH is 1. The zero-order valence-corrected chi connectivity index (χ0v) is 24.9. The molecule has 1 saturated heterocycles. The number of nitrogens with zero attached hydrogens (tertiary/aromatic N) is 1. The van der Waals surface area contributed by atoms with Crippen molar-refractivity contribution >= 4 is 23.1 Å². The number of benzene rings is 5. The molecule has 5 aromatic carbocycles. The lowest BCUT2D eigenvalue weighted by Gasteiger charge is -2.45. The predicted octanol–water partition coefficient (Wildman–Crippen LogP) is 6.07. The van der Waals surface area contributed by atoms with Gasteiger partial charge >= 0.3 is 12.3 Å². The van der Waals surface area contributed by atoms with Crippen LogP contribution in [-0.2, 0) is 21.4 Å². The second kappa shape index (κ2) is 12.1. The molecule has 222 valence electrons. The summed E-state index contributed by atoms with van der Waals surface area (Å²) in [6, 6.07) is 38.8. The standard InChI is InChI=1S/C38H36NO5/c1-43-34-18-14-31(15-19-34)38(30-10-4-3-5-11-30,32-16-20-35(44-2)21-17-32)36-24-33(41)25-39(36,26-40)37(42)23-27-12-13-28-8-6-7-9-29(28)22-27/h3-22,26,33,36,41H,23-25H2,1-2H3/q+1. The maximum Gasteiger partial charge on any atom is 0.325 e. The summed E-state index contributed by atoms with van der Waals surface area (Å²) in [6.07, 6.45) is 0.206. The number of ether oxygens (including phenoxy) is 2. The Morgan fingerprint density at radius 2 is 1.32 bits per heavy atom. The van der Waals surface area contributed by atoms with Gasteiger partial charge in [-0.15, -0.1) is 0 Å². The summed E-state index contributed by atoms with van der Waals surface area (Å²) in [5.74, 6) is 1.14. The topological polar surface area (TPSA) is 72.8 Å². The molecular weight excluding hydrogens is 550 g/mol. The summed E-state index contributed by atoms with van der Waals surface area (Å²) in [5.41, 5.74) is 2.52. The summed E-state index contributed by atoms with van der Waals surface area (Å²) in [5, 5.41) is 13.4. The van der Waals surface area contributed by atoms with Gasteiger partial charge in [-0.05, 0) is 57.3 Å². The summed E-state index contributed by atoms with van der Waals surface area (Å²) in [7, 11) is 3.24. The molecule has 6 nitrogen and oxygen atoms in total. The normalized spacial score (nSPS) is 19.9. The van der Waals surface area contributed by atoms with Crippen molar-refractivity contribution in [2.24, 2.45) is 0 Å². The average Bonchev–Trinajstić information content (AvgIpc) is 3.43. The number of imide groups is 1. The van der Waals surface area contributed by atoms with Crippen LogP contribution in [0.25, 0.3) is 10.8 Å². The minimum absolute atomic E-state index is 0.00146. The van der Waals surface area contributed by atoms with E-state index >= 15 is 0 Å². The highest BCUT2D eigenvalue weighted by molar-refractivity contribution is 5.85. The van der Waals surface area contributed by atoms with Gasteiger partial charge in [0.1, 0.15) is 30.2 Å². The van der Waals surface area contributed by atoms with Crippen molar-refractivity contribution in [1.29, 1.82) is 0 Å². The van der Waals surface area contributed by atoms with Gasteiger partial charge in [0.2, 0.25) is 0 Å². The Bertz CT molecular complexity index is 1720. The number of rotatable bonds is 9. The van der Waals surface area contributed by atoms with E-state index in [-0.39, 0.29) is 25.3 Å². The number of carbonyl (C=O) groups excluding carboxylic acids is 2. The number of hydrogen-bond donors (Lipinski definition) is 1. The molecule has 0 aromatic heterocycles. The monoisotopic (exact) mass is 586 g/mol. The average molecular weight is 587 g/mol. The molecule has 44 heavy (non-hydrogen) atoms. The van der Waals surface area contributed by atoms with Gasteiger partial charge in [0.05, 0.1) is 26.1 Å². The highest BCUT2D eigenvalue weighted by atomic mass is 16.5. The number of amides is 2. The molecule has 0 bridgehead atoms. The second-order valence-corrected chi connectivity index (χ2v) is 11.5. The second-order valence-electron chi connectivity index (χ2n) is 11.5. The molecule has 3 atom stereocenters. The Kier molecular flexibility index (Phi) is 8.04. The van der Waals surface area contributed by atoms with E-state index in [0.717, 1.165) is 39.4 Å². The van der Waals surface area contributed by atoms with Gasteiger partial charge in [-0.2, -0.15) is 4.48 Å². The fourth-order valence-electron chi connectivity index (χ4n) is 7.13. The van der Waals surface area contributed by atoms with E-state index in [4.69, 9.17) is 9.47 Å². The number of quaternary nitrogens is 1. The molecule has 2 amide bonds. The van der Waals surface area contributed by atoms with Crippen LogP contribution in [0, 0.1) is 0 Å². The van der Waals surface area contributed by atoms with Crippen LogP contribution >= 0.6 is 0 Å². The highest BCUT2D eigenvalue weighted by Gasteiger charge is 2.62. The molecule has 1 aliphatic rings. The van der Waals surface area contributed by atoms with Crippen molar-refractivity contribution in [1.82, 2.24) is 0 Å². The van der Waals surface area contributed by atoms with Gasteiger partial charge in [-0.1, -0.05) is 97.1 Å². The lowest BCUT2D eigenvalue weighted by molar-refractivity contribution is -0.788. The van der Waals surface area contributed by atoms with E-state index in [1.54, 1.807) is 14.2 Å². The van der Waals surface area contributed by atoms with Gasteiger partial charge in [0.15, 0.2) is 0 Å². The largest absolute Gasteiger partial charge is 0.497 e. The van der Waals surface area contributed by atoms with E-state index in [1.807, 2.05) is 121 Å². The first-order chi connectivity index (χ1) is 21.4. The Labute approximate surface area is 257 Å². The molecule has 1 N–H and O–H groups in total. The first-order valence-electron chi connectivity index (χ1n) is 14.8. The number of methoxy groups -OCH3 is 2. The minimum atomic E-state index is -0.989. The molecule has 0 aliphatic carbocycles. The fraction of sp³-hybridized carbons (Fsp3) is 0.211. The molecule has 1 fully saturated rings.